The first-order chi connectivity index (χ1) is 13.2. The molecule has 0 aliphatic heterocycles. The number of pyridine rings is 1. The molecule has 1 aliphatic rings. The molecule has 1 aromatic heterocycles. The Balaban J connectivity index is 1.54. The Morgan fingerprint density at radius 3 is 2.52 bits per heavy atom. The monoisotopic (exact) mass is 366 g/mol. The van der Waals surface area contributed by atoms with E-state index in [-0.39, 0.29) is 11.9 Å². The average Bonchev–Trinajstić information content (AvgIpc) is 2.70. The van der Waals surface area contributed by atoms with Gasteiger partial charge in [-0.2, -0.15) is 0 Å². The molecule has 0 radical (unpaired) electrons. The van der Waals surface area contributed by atoms with Crippen LogP contribution in [0.5, 0.6) is 5.75 Å². The van der Waals surface area contributed by atoms with Gasteiger partial charge in [-0.05, 0) is 68.5 Å². The standard InChI is InChI=1S/C23H30N2O2/c1-3-27-21-12-10-20(11-13-21)22-14-9-18(16-24-22)15-23(26)25-17(2)19-7-5-4-6-8-19/h9-14,16-17,19H,3-8,15H2,1-2H3,(H,25,26)/t17-/m1/s1. The zero-order valence-corrected chi connectivity index (χ0v) is 16.4. The van der Waals surface area contributed by atoms with Gasteiger partial charge in [0, 0.05) is 17.8 Å². The van der Waals surface area contributed by atoms with Crippen molar-refractivity contribution in [2.45, 2.75) is 58.4 Å². The van der Waals surface area contributed by atoms with Crippen LogP contribution in [-0.4, -0.2) is 23.5 Å². The second-order valence-corrected chi connectivity index (χ2v) is 7.44. The number of benzene rings is 1. The van der Waals surface area contributed by atoms with Crippen molar-refractivity contribution >= 4 is 5.91 Å². The molecule has 1 saturated carbocycles. The Morgan fingerprint density at radius 1 is 1.15 bits per heavy atom. The molecule has 1 N–H and O–H groups in total. The topological polar surface area (TPSA) is 51.2 Å². The molecular weight excluding hydrogens is 336 g/mol. The zero-order chi connectivity index (χ0) is 19.1. The van der Waals surface area contributed by atoms with Crippen molar-refractivity contribution in [2.75, 3.05) is 6.61 Å². The minimum absolute atomic E-state index is 0.0868. The van der Waals surface area contributed by atoms with Crippen molar-refractivity contribution in [3.63, 3.8) is 0 Å². The lowest BCUT2D eigenvalue weighted by atomic mass is 9.84. The summed E-state index contributed by atoms with van der Waals surface area (Å²) in [6.07, 6.45) is 8.58. The largest absolute Gasteiger partial charge is 0.494 e. The minimum atomic E-state index is 0.0868. The first kappa shape index (κ1) is 19.4. The molecule has 2 aromatic rings. The Morgan fingerprint density at radius 2 is 1.89 bits per heavy atom. The Bertz CT molecular complexity index is 719. The van der Waals surface area contributed by atoms with Gasteiger partial charge in [0.25, 0.3) is 0 Å². The third-order valence-corrected chi connectivity index (χ3v) is 5.40. The second kappa shape index (κ2) is 9.54. The summed E-state index contributed by atoms with van der Waals surface area (Å²) in [5, 5.41) is 3.18. The van der Waals surface area contributed by atoms with Gasteiger partial charge in [-0.15, -0.1) is 0 Å². The number of amides is 1. The summed E-state index contributed by atoms with van der Waals surface area (Å²) in [6, 6.07) is 12.1. The number of carbonyl (C=O) groups is 1. The lowest BCUT2D eigenvalue weighted by Gasteiger charge is -2.28. The van der Waals surface area contributed by atoms with Crippen molar-refractivity contribution in [3.8, 4) is 17.0 Å². The maximum Gasteiger partial charge on any atom is 0.224 e. The molecule has 0 spiro atoms. The summed E-state index contributed by atoms with van der Waals surface area (Å²) in [7, 11) is 0. The maximum atomic E-state index is 12.4. The van der Waals surface area contributed by atoms with E-state index in [1.165, 1.54) is 32.1 Å². The smallest absolute Gasteiger partial charge is 0.224 e. The van der Waals surface area contributed by atoms with Gasteiger partial charge in [-0.1, -0.05) is 25.3 Å². The quantitative estimate of drug-likeness (QED) is 0.767. The van der Waals surface area contributed by atoms with Gasteiger partial charge in [0.2, 0.25) is 5.91 Å². The lowest BCUT2D eigenvalue weighted by Crippen LogP contribution is -2.39. The van der Waals surface area contributed by atoms with E-state index < -0.39 is 0 Å². The number of hydrogen-bond acceptors (Lipinski definition) is 3. The molecule has 0 saturated heterocycles. The minimum Gasteiger partial charge on any atom is -0.494 e. The van der Waals surface area contributed by atoms with Gasteiger partial charge in [0.1, 0.15) is 5.75 Å². The van der Waals surface area contributed by atoms with Crippen molar-refractivity contribution in [3.05, 3.63) is 48.2 Å². The van der Waals surface area contributed by atoms with Crippen LogP contribution in [0, 0.1) is 5.92 Å². The van der Waals surface area contributed by atoms with Gasteiger partial charge in [-0.25, -0.2) is 0 Å². The number of hydrogen-bond donors (Lipinski definition) is 1. The highest BCUT2D eigenvalue weighted by molar-refractivity contribution is 5.78. The van der Waals surface area contributed by atoms with Gasteiger partial charge in [-0.3, -0.25) is 9.78 Å². The Labute approximate surface area is 162 Å². The van der Waals surface area contributed by atoms with E-state index in [0.717, 1.165) is 22.6 Å². The highest BCUT2D eigenvalue weighted by Crippen LogP contribution is 2.26. The van der Waals surface area contributed by atoms with Crippen LogP contribution in [0.4, 0.5) is 0 Å². The normalized spacial score (nSPS) is 15.9. The Kier molecular flexibility index (Phi) is 6.86. The van der Waals surface area contributed by atoms with Gasteiger partial charge >= 0.3 is 0 Å². The van der Waals surface area contributed by atoms with Crippen molar-refractivity contribution in [2.24, 2.45) is 5.92 Å². The van der Waals surface area contributed by atoms with Crippen LogP contribution in [0.25, 0.3) is 11.3 Å². The van der Waals surface area contributed by atoms with Crippen LogP contribution in [0.1, 0.15) is 51.5 Å². The number of aromatic nitrogens is 1. The van der Waals surface area contributed by atoms with E-state index in [0.29, 0.717) is 18.9 Å². The molecule has 1 aliphatic carbocycles. The summed E-state index contributed by atoms with van der Waals surface area (Å²) in [6.45, 7) is 4.77. The highest BCUT2D eigenvalue weighted by atomic mass is 16.5. The van der Waals surface area contributed by atoms with Crippen LogP contribution in [0.15, 0.2) is 42.6 Å². The predicted molar refractivity (Wildman–Crippen MR) is 109 cm³/mol. The first-order valence-electron chi connectivity index (χ1n) is 10.1. The third kappa shape index (κ3) is 5.56. The fourth-order valence-corrected chi connectivity index (χ4v) is 3.83. The number of carbonyl (C=O) groups excluding carboxylic acids is 1. The molecule has 0 bridgehead atoms. The number of nitrogens with one attached hydrogen (secondary N) is 1. The summed E-state index contributed by atoms with van der Waals surface area (Å²) >= 11 is 0. The molecular formula is C23H30N2O2. The molecule has 27 heavy (non-hydrogen) atoms. The van der Waals surface area contributed by atoms with Gasteiger partial charge < -0.3 is 10.1 Å². The van der Waals surface area contributed by atoms with Crippen molar-refractivity contribution in [1.29, 1.82) is 0 Å². The van der Waals surface area contributed by atoms with Crippen LogP contribution in [-0.2, 0) is 11.2 Å². The van der Waals surface area contributed by atoms with E-state index in [1.807, 2.05) is 43.3 Å². The molecule has 1 aromatic carbocycles. The molecule has 1 fully saturated rings. The van der Waals surface area contributed by atoms with E-state index >= 15 is 0 Å². The SMILES string of the molecule is CCOc1ccc(-c2ccc(CC(=O)N[C@H](C)C3CCCCC3)cn2)cc1. The van der Waals surface area contributed by atoms with Crippen molar-refractivity contribution in [1.82, 2.24) is 10.3 Å². The molecule has 144 valence electrons. The number of nitrogens with zero attached hydrogens (tertiary/aromatic N) is 1. The molecule has 1 atom stereocenters. The van der Waals surface area contributed by atoms with E-state index in [9.17, 15) is 4.79 Å². The van der Waals surface area contributed by atoms with E-state index in [2.05, 4.69) is 17.2 Å². The van der Waals surface area contributed by atoms with Crippen LogP contribution in [0.2, 0.25) is 0 Å². The lowest BCUT2D eigenvalue weighted by molar-refractivity contribution is -0.121. The average molecular weight is 367 g/mol. The third-order valence-electron chi connectivity index (χ3n) is 5.40. The highest BCUT2D eigenvalue weighted by Gasteiger charge is 2.21. The van der Waals surface area contributed by atoms with Gasteiger partial charge in [0.15, 0.2) is 0 Å². The molecule has 1 heterocycles. The van der Waals surface area contributed by atoms with E-state index in [1.54, 1.807) is 6.20 Å². The van der Waals surface area contributed by atoms with Gasteiger partial charge in [0.05, 0.1) is 18.7 Å². The fourth-order valence-electron chi connectivity index (χ4n) is 3.83. The van der Waals surface area contributed by atoms with Crippen molar-refractivity contribution < 1.29 is 9.53 Å². The number of rotatable bonds is 7. The fraction of sp³-hybridized carbons (Fsp3) is 0.478. The molecule has 0 unspecified atom stereocenters. The molecule has 4 nitrogen and oxygen atoms in total. The van der Waals surface area contributed by atoms with Crippen LogP contribution in [0.3, 0.4) is 0 Å². The molecule has 4 heteroatoms. The zero-order valence-electron chi connectivity index (χ0n) is 16.4. The van der Waals surface area contributed by atoms with Crippen LogP contribution >= 0.6 is 0 Å². The second-order valence-electron chi connectivity index (χ2n) is 7.44. The van der Waals surface area contributed by atoms with Crippen LogP contribution < -0.4 is 10.1 Å². The molecule has 1 amide bonds. The summed E-state index contributed by atoms with van der Waals surface area (Å²) in [5.41, 5.74) is 2.89. The van der Waals surface area contributed by atoms with E-state index in [4.69, 9.17) is 4.74 Å². The Hall–Kier alpha value is -2.36. The predicted octanol–water partition coefficient (Wildman–Crippen LogP) is 4.77. The summed E-state index contributed by atoms with van der Waals surface area (Å²) in [5.74, 6) is 1.58. The summed E-state index contributed by atoms with van der Waals surface area (Å²) < 4.78 is 5.47. The number of ether oxygens (including phenoxy) is 1. The maximum absolute atomic E-state index is 12.4. The molecule has 3 rings (SSSR count). The summed E-state index contributed by atoms with van der Waals surface area (Å²) in [4.78, 5) is 16.9. The first-order valence-corrected chi connectivity index (χ1v) is 10.1.